The molecule has 0 saturated heterocycles. The first-order chi connectivity index (χ1) is 5.07. The van der Waals surface area contributed by atoms with Gasteiger partial charge in [0.05, 0.1) is 13.0 Å². The quantitative estimate of drug-likeness (QED) is 0.609. The maximum Gasteiger partial charge on any atom is 0.341 e. The Morgan fingerprint density at radius 1 is 1.64 bits per heavy atom. The predicted molar refractivity (Wildman–Crippen MR) is 33.8 cm³/mol. The summed E-state index contributed by atoms with van der Waals surface area (Å²) in [6, 6.07) is 0. The number of hydrogen-bond donors (Lipinski definition) is 1. The molecule has 0 aromatic heterocycles. The van der Waals surface area contributed by atoms with Crippen LogP contribution in [-0.4, -0.2) is 29.8 Å². The molecule has 0 saturated carbocycles. The number of alkyl halides is 1. The molecule has 11 heavy (non-hydrogen) atoms. The van der Waals surface area contributed by atoms with Gasteiger partial charge in [-0.2, -0.15) is 0 Å². The highest BCUT2D eigenvalue weighted by molar-refractivity contribution is 5.80. The van der Waals surface area contributed by atoms with Gasteiger partial charge in [-0.3, -0.25) is 4.79 Å². The van der Waals surface area contributed by atoms with Crippen LogP contribution in [0.1, 0.15) is 13.3 Å². The standard InChI is InChI=1S/C6H9FO4/c1-2-11-6(10)4(7)3-5(8)9/h4H,2-3H2,1H3,(H,8,9). The van der Waals surface area contributed by atoms with E-state index in [4.69, 9.17) is 5.11 Å². The normalized spacial score (nSPS) is 12.2. The molecular formula is C6H9FO4. The van der Waals surface area contributed by atoms with E-state index in [1.54, 1.807) is 0 Å². The van der Waals surface area contributed by atoms with E-state index in [1.807, 2.05) is 0 Å². The zero-order valence-electron chi connectivity index (χ0n) is 6.04. The summed E-state index contributed by atoms with van der Waals surface area (Å²) in [7, 11) is 0. The number of ether oxygens (including phenoxy) is 1. The lowest BCUT2D eigenvalue weighted by atomic mass is 10.3. The first-order valence-electron chi connectivity index (χ1n) is 3.10. The smallest absolute Gasteiger partial charge is 0.341 e. The number of rotatable bonds is 4. The van der Waals surface area contributed by atoms with E-state index in [0.717, 1.165) is 0 Å². The third kappa shape index (κ3) is 4.30. The fraction of sp³-hybridized carbons (Fsp3) is 0.667. The average molecular weight is 164 g/mol. The Morgan fingerprint density at radius 2 is 2.18 bits per heavy atom. The SMILES string of the molecule is CCOC(=O)C(F)CC(=O)O. The monoisotopic (exact) mass is 164 g/mol. The second-order valence-corrected chi connectivity index (χ2v) is 1.82. The molecule has 5 heteroatoms. The van der Waals surface area contributed by atoms with E-state index >= 15 is 0 Å². The van der Waals surface area contributed by atoms with Crippen LogP contribution < -0.4 is 0 Å². The molecule has 64 valence electrons. The molecule has 0 rings (SSSR count). The van der Waals surface area contributed by atoms with Crippen molar-refractivity contribution < 1.29 is 23.8 Å². The summed E-state index contributed by atoms with van der Waals surface area (Å²) in [5, 5.41) is 8.05. The highest BCUT2D eigenvalue weighted by Crippen LogP contribution is 2.00. The molecule has 0 aromatic carbocycles. The van der Waals surface area contributed by atoms with Crippen LogP contribution in [0, 0.1) is 0 Å². The van der Waals surface area contributed by atoms with Gasteiger partial charge in [0.15, 0.2) is 0 Å². The van der Waals surface area contributed by atoms with Crippen LogP contribution in [0.15, 0.2) is 0 Å². The third-order valence-corrected chi connectivity index (χ3v) is 0.896. The minimum Gasteiger partial charge on any atom is -0.481 e. The van der Waals surface area contributed by atoms with Gasteiger partial charge in [0.2, 0.25) is 6.17 Å². The van der Waals surface area contributed by atoms with Gasteiger partial charge in [-0.1, -0.05) is 0 Å². The van der Waals surface area contributed by atoms with Crippen LogP contribution in [0.4, 0.5) is 4.39 Å². The Hall–Kier alpha value is -1.13. The van der Waals surface area contributed by atoms with Crippen molar-refractivity contribution in [1.82, 2.24) is 0 Å². The number of halogens is 1. The molecule has 0 radical (unpaired) electrons. The number of hydrogen-bond acceptors (Lipinski definition) is 3. The average Bonchev–Trinajstić information content (AvgIpc) is 1.86. The van der Waals surface area contributed by atoms with Crippen LogP contribution in [0.2, 0.25) is 0 Å². The van der Waals surface area contributed by atoms with Crippen molar-refractivity contribution in [1.29, 1.82) is 0 Å². The molecule has 0 bridgehead atoms. The molecule has 0 heterocycles. The van der Waals surface area contributed by atoms with Crippen molar-refractivity contribution in [2.75, 3.05) is 6.61 Å². The topological polar surface area (TPSA) is 63.6 Å². The van der Waals surface area contributed by atoms with Gasteiger partial charge in [-0.05, 0) is 6.92 Å². The van der Waals surface area contributed by atoms with Gasteiger partial charge in [0, 0.05) is 0 Å². The van der Waals surface area contributed by atoms with Gasteiger partial charge in [0.25, 0.3) is 0 Å². The van der Waals surface area contributed by atoms with Gasteiger partial charge in [-0.15, -0.1) is 0 Å². The lowest BCUT2D eigenvalue weighted by Crippen LogP contribution is -2.21. The van der Waals surface area contributed by atoms with Crippen LogP contribution >= 0.6 is 0 Å². The molecule has 0 amide bonds. The summed E-state index contributed by atoms with van der Waals surface area (Å²) in [4.78, 5) is 20.3. The van der Waals surface area contributed by atoms with Gasteiger partial charge < -0.3 is 9.84 Å². The summed E-state index contributed by atoms with van der Waals surface area (Å²) in [6.07, 6.45) is -2.88. The molecule has 0 aliphatic carbocycles. The van der Waals surface area contributed by atoms with E-state index in [9.17, 15) is 14.0 Å². The Balaban J connectivity index is 3.73. The maximum atomic E-state index is 12.4. The fourth-order valence-corrected chi connectivity index (χ4v) is 0.469. The van der Waals surface area contributed by atoms with E-state index in [2.05, 4.69) is 4.74 Å². The van der Waals surface area contributed by atoms with E-state index in [-0.39, 0.29) is 6.61 Å². The minimum absolute atomic E-state index is 0.0544. The molecule has 0 aliphatic rings. The third-order valence-electron chi connectivity index (χ3n) is 0.896. The first-order valence-corrected chi connectivity index (χ1v) is 3.10. The molecule has 0 fully saturated rings. The summed E-state index contributed by atoms with van der Waals surface area (Å²) < 4.78 is 16.6. The van der Waals surface area contributed by atoms with E-state index in [1.165, 1.54) is 6.92 Å². The Kier molecular flexibility index (Phi) is 4.17. The second kappa shape index (κ2) is 4.65. The Morgan fingerprint density at radius 3 is 2.55 bits per heavy atom. The fourth-order valence-electron chi connectivity index (χ4n) is 0.469. The van der Waals surface area contributed by atoms with Crippen molar-refractivity contribution in [2.45, 2.75) is 19.5 Å². The van der Waals surface area contributed by atoms with Crippen molar-refractivity contribution >= 4 is 11.9 Å². The minimum atomic E-state index is -2.05. The van der Waals surface area contributed by atoms with Gasteiger partial charge in [-0.25, -0.2) is 9.18 Å². The maximum absolute atomic E-state index is 12.4. The van der Waals surface area contributed by atoms with Crippen LogP contribution in [0.5, 0.6) is 0 Å². The molecule has 0 spiro atoms. The number of carbonyl (C=O) groups excluding carboxylic acids is 1. The summed E-state index contributed by atoms with van der Waals surface area (Å²) in [5.74, 6) is -2.47. The largest absolute Gasteiger partial charge is 0.481 e. The Labute approximate surface area is 63.0 Å². The summed E-state index contributed by atoms with van der Waals surface area (Å²) >= 11 is 0. The molecule has 0 aliphatic heterocycles. The number of carboxylic acids is 1. The van der Waals surface area contributed by atoms with Gasteiger partial charge >= 0.3 is 11.9 Å². The van der Waals surface area contributed by atoms with Crippen molar-refractivity contribution in [3.8, 4) is 0 Å². The highest BCUT2D eigenvalue weighted by atomic mass is 19.1. The second-order valence-electron chi connectivity index (χ2n) is 1.82. The Bertz CT molecular complexity index is 157. The molecule has 1 atom stereocenters. The molecule has 0 aromatic rings. The van der Waals surface area contributed by atoms with E-state index < -0.39 is 24.5 Å². The lowest BCUT2D eigenvalue weighted by molar-refractivity contribution is -0.153. The van der Waals surface area contributed by atoms with Crippen molar-refractivity contribution in [2.24, 2.45) is 0 Å². The number of aliphatic carboxylic acids is 1. The molecule has 1 unspecified atom stereocenters. The molecular weight excluding hydrogens is 155 g/mol. The summed E-state index contributed by atoms with van der Waals surface area (Å²) in [6.45, 7) is 1.57. The lowest BCUT2D eigenvalue weighted by Gasteiger charge is -2.03. The van der Waals surface area contributed by atoms with Crippen LogP contribution in [-0.2, 0) is 14.3 Å². The number of carbonyl (C=O) groups is 2. The number of carboxylic acid groups (broad SMARTS) is 1. The van der Waals surface area contributed by atoms with Crippen molar-refractivity contribution in [3.63, 3.8) is 0 Å². The number of esters is 1. The van der Waals surface area contributed by atoms with Crippen LogP contribution in [0.3, 0.4) is 0 Å². The zero-order chi connectivity index (χ0) is 8.85. The summed E-state index contributed by atoms with van der Waals surface area (Å²) in [5.41, 5.74) is 0. The van der Waals surface area contributed by atoms with Crippen molar-refractivity contribution in [3.05, 3.63) is 0 Å². The predicted octanol–water partition coefficient (Wildman–Crippen LogP) is 0.362. The van der Waals surface area contributed by atoms with Gasteiger partial charge in [0.1, 0.15) is 0 Å². The van der Waals surface area contributed by atoms with Crippen LogP contribution in [0.25, 0.3) is 0 Å². The zero-order valence-corrected chi connectivity index (χ0v) is 6.04. The van der Waals surface area contributed by atoms with E-state index in [0.29, 0.717) is 0 Å². The first kappa shape index (κ1) is 9.87. The molecule has 1 N–H and O–H groups in total. The highest BCUT2D eigenvalue weighted by Gasteiger charge is 2.21. The molecule has 4 nitrogen and oxygen atoms in total.